The zero-order chi connectivity index (χ0) is 18.7. The molecule has 0 saturated carbocycles. The van der Waals surface area contributed by atoms with Gasteiger partial charge < -0.3 is 10.4 Å². The molecular formula is C18H27N5O2S. The zero-order valence-electron chi connectivity index (χ0n) is 15.6. The van der Waals surface area contributed by atoms with Gasteiger partial charge in [0.15, 0.2) is 0 Å². The highest BCUT2D eigenvalue weighted by molar-refractivity contribution is 7.07. The van der Waals surface area contributed by atoms with Crippen LogP contribution in [0, 0.1) is 0 Å². The van der Waals surface area contributed by atoms with Crippen molar-refractivity contribution in [1.29, 1.82) is 0 Å². The number of aliphatic hydroxyl groups is 1. The van der Waals surface area contributed by atoms with Gasteiger partial charge in [-0.2, -0.15) is 5.10 Å². The van der Waals surface area contributed by atoms with Gasteiger partial charge in [0.05, 0.1) is 29.0 Å². The number of nitrogens with zero attached hydrogens (tertiary/aromatic N) is 4. The number of rotatable bonds is 6. The molecule has 1 amide bonds. The van der Waals surface area contributed by atoms with Gasteiger partial charge in [-0.15, -0.1) is 11.3 Å². The third-order valence-electron chi connectivity index (χ3n) is 4.77. The number of aliphatic hydroxyl groups excluding tert-OH is 1. The monoisotopic (exact) mass is 377 g/mol. The van der Waals surface area contributed by atoms with Gasteiger partial charge in [0.1, 0.15) is 5.69 Å². The minimum absolute atomic E-state index is 0.164. The third kappa shape index (κ3) is 4.31. The molecular weight excluding hydrogens is 350 g/mol. The summed E-state index contributed by atoms with van der Waals surface area (Å²) in [6, 6.07) is 1.62. The Bertz CT molecular complexity index is 728. The summed E-state index contributed by atoms with van der Waals surface area (Å²) in [6.07, 6.45) is 0.128. The predicted octanol–water partition coefficient (Wildman–Crippen LogP) is 1.85. The Morgan fingerprint density at radius 1 is 1.50 bits per heavy atom. The largest absolute Gasteiger partial charge is 0.390 e. The molecule has 2 atom stereocenters. The molecule has 3 heterocycles. The minimum atomic E-state index is -0.589. The Hall–Kier alpha value is -1.77. The Morgan fingerprint density at radius 3 is 2.92 bits per heavy atom. The van der Waals surface area contributed by atoms with E-state index in [1.54, 1.807) is 16.0 Å². The van der Waals surface area contributed by atoms with Crippen molar-refractivity contribution >= 4 is 17.2 Å². The van der Waals surface area contributed by atoms with Gasteiger partial charge in [-0.25, -0.2) is 4.98 Å². The fourth-order valence-electron chi connectivity index (χ4n) is 3.24. The summed E-state index contributed by atoms with van der Waals surface area (Å²) >= 11 is 1.58. The highest BCUT2D eigenvalue weighted by Crippen LogP contribution is 2.17. The van der Waals surface area contributed by atoms with Crippen molar-refractivity contribution in [3.8, 4) is 0 Å². The van der Waals surface area contributed by atoms with Gasteiger partial charge >= 0.3 is 0 Å². The van der Waals surface area contributed by atoms with Crippen LogP contribution in [0.15, 0.2) is 17.0 Å². The first kappa shape index (κ1) is 19.0. The van der Waals surface area contributed by atoms with Crippen molar-refractivity contribution in [1.82, 2.24) is 25.0 Å². The molecule has 1 fully saturated rings. The zero-order valence-corrected chi connectivity index (χ0v) is 16.4. The second-order valence-corrected chi connectivity index (χ2v) is 7.79. The van der Waals surface area contributed by atoms with Crippen LogP contribution >= 0.6 is 11.3 Å². The second kappa shape index (κ2) is 8.28. The standard InChI is InChI=1S/C18H27N5O2S/c1-4-23-16(7-15(21-23)12(2)3)18(25)20-14-5-6-22(9-17(14)24)8-13-10-26-11-19-13/h7,10-12,14,17,24H,4-6,8-9H2,1-3H3,(H,20,25)/t14-,17-/m1/s1. The van der Waals surface area contributed by atoms with Gasteiger partial charge in [0.2, 0.25) is 0 Å². The Morgan fingerprint density at radius 2 is 2.31 bits per heavy atom. The molecule has 3 rings (SSSR count). The van der Waals surface area contributed by atoms with E-state index in [1.807, 2.05) is 23.9 Å². The highest BCUT2D eigenvalue weighted by atomic mass is 32.1. The van der Waals surface area contributed by atoms with E-state index in [0.29, 0.717) is 25.2 Å². The number of aromatic nitrogens is 3. The average molecular weight is 378 g/mol. The topological polar surface area (TPSA) is 83.3 Å². The maximum absolute atomic E-state index is 12.7. The third-order valence-corrected chi connectivity index (χ3v) is 5.41. The summed E-state index contributed by atoms with van der Waals surface area (Å²) in [6.45, 7) is 8.83. The summed E-state index contributed by atoms with van der Waals surface area (Å²) < 4.78 is 1.73. The molecule has 0 bridgehead atoms. The van der Waals surface area contributed by atoms with Crippen LogP contribution in [0.25, 0.3) is 0 Å². The summed E-state index contributed by atoms with van der Waals surface area (Å²) in [7, 11) is 0. The smallest absolute Gasteiger partial charge is 0.269 e. The normalized spacial score (nSPS) is 21.3. The lowest BCUT2D eigenvalue weighted by atomic mass is 10.0. The first-order valence-electron chi connectivity index (χ1n) is 9.14. The quantitative estimate of drug-likeness (QED) is 0.803. The van der Waals surface area contributed by atoms with Crippen LogP contribution in [-0.2, 0) is 13.1 Å². The van der Waals surface area contributed by atoms with Gasteiger partial charge in [-0.1, -0.05) is 13.8 Å². The molecule has 0 spiro atoms. The van der Waals surface area contributed by atoms with Crippen molar-refractivity contribution in [3.05, 3.63) is 34.0 Å². The minimum Gasteiger partial charge on any atom is -0.390 e. The Labute approximate surface area is 158 Å². The van der Waals surface area contributed by atoms with E-state index < -0.39 is 6.10 Å². The number of β-amino-alcohol motifs (C(OH)–C–C–N with tert-alkyl or cyclic N) is 1. The van der Waals surface area contributed by atoms with E-state index >= 15 is 0 Å². The summed E-state index contributed by atoms with van der Waals surface area (Å²) in [5.41, 5.74) is 4.32. The van der Waals surface area contributed by atoms with Crippen molar-refractivity contribution in [2.24, 2.45) is 0 Å². The number of aryl methyl sites for hydroxylation is 1. The number of likely N-dealkylation sites (tertiary alicyclic amines) is 1. The molecule has 142 valence electrons. The first-order chi connectivity index (χ1) is 12.5. The summed E-state index contributed by atoms with van der Waals surface area (Å²) in [5, 5.41) is 20.0. The molecule has 1 aliphatic heterocycles. The van der Waals surface area contributed by atoms with Crippen LogP contribution in [0.5, 0.6) is 0 Å². The van der Waals surface area contributed by atoms with E-state index in [4.69, 9.17) is 0 Å². The molecule has 7 nitrogen and oxygen atoms in total. The number of carbonyl (C=O) groups excluding carboxylic acids is 1. The maximum Gasteiger partial charge on any atom is 0.269 e. The van der Waals surface area contributed by atoms with Crippen molar-refractivity contribution in [3.63, 3.8) is 0 Å². The Balaban J connectivity index is 1.60. The predicted molar refractivity (Wildman–Crippen MR) is 101 cm³/mol. The molecule has 2 aromatic rings. The van der Waals surface area contributed by atoms with Crippen molar-refractivity contribution < 1.29 is 9.90 Å². The van der Waals surface area contributed by atoms with Crippen LogP contribution in [0.3, 0.4) is 0 Å². The maximum atomic E-state index is 12.7. The fraction of sp³-hybridized carbons (Fsp3) is 0.611. The molecule has 8 heteroatoms. The number of thiazole rings is 1. The van der Waals surface area contributed by atoms with Crippen molar-refractivity contribution in [2.45, 2.75) is 58.3 Å². The molecule has 0 aromatic carbocycles. The van der Waals surface area contributed by atoms with Gasteiger partial charge in [0, 0.05) is 31.6 Å². The van der Waals surface area contributed by atoms with Crippen LogP contribution < -0.4 is 5.32 Å². The fourth-order valence-corrected chi connectivity index (χ4v) is 3.79. The highest BCUT2D eigenvalue weighted by Gasteiger charge is 2.30. The first-order valence-corrected chi connectivity index (χ1v) is 10.1. The number of nitrogens with one attached hydrogen (secondary N) is 1. The van der Waals surface area contributed by atoms with Crippen molar-refractivity contribution in [2.75, 3.05) is 13.1 Å². The van der Waals surface area contributed by atoms with Gasteiger partial charge in [-0.05, 0) is 25.3 Å². The molecule has 1 saturated heterocycles. The number of piperidine rings is 1. The van der Waals surface area contributed by atoms with E-state index in [9.17, 15) is 9.90 Å². The molecule has 26 heavy (non-hydrogen) atoms. The lowest BCUT2D eigenvalue weighted by Gasteiger charge is -2.35. The lowest BCUT2D eigenvalue weighted by molar-refractivity contribution is 0.0343. The summed E-state index contributed by atoms with van der Waals surface area (Å²) in [5.74, 6) is 0.108. The van der Waals surface area contributed by atoms with Crippen LogP contribution in [-0.4, -0.2) is 55.9 Å². The van der Waals surface area contributed by atoms with Gasteiger partial charge in [-0.3, -0.25) is 14.4 Å². The van der Waals surface area contributed by atoms with E-state index in [0.717, 1.165) is 24.5 Å². The molecule has 0 radical (unpaired) electrons. The van der Waals surface area contributed by atoms with E-state index in [2.05, 4.69) is 34.1 Å². The van der Waals surface area contributed by atoms with Crippen LogP contribution in [0.4, 0.5) is 0 Å². The SMILES string of the molecule is CCn1nc(C(C)C)cc1C(=O)N[C@@H]1CCN(Cc2cscn2)C[C@H]1O. The second-order valence-electron chi connectivity index (χ2n) is 7.08. The van der Waals surface area contributed by atoms with Crippen LogP contribution in [0.2, 0.25) is 0 Å². The summed E-state index contributed by atoms with van der Waals surface area (Å²) in [4.78, 5) is 19.2. The molecule has 2 aromatic heterocycles. The molecule has 1 aliphatic rings. The van der Waals surface area contributed by atoms with E-state index in [1.165, 1.54) is 0 Å². The number of amides is 1. The molecule has 0 aliphatic carbocycles. The lowest BCUT2D eigenvalue weighted by Crippen LogP contribution is -2.54. The number of carbonyl (C=O) groups is 1. The molecule has 2 N–H and O–H groups in total. The number of hydrogen-bond donors (Lipinski definition) is 2. The van der Waals surface area contributed by atoms with Crippen LogP contribution in [0.1, 0.15) is 55.0 Å². The Kier molecular flexibility index (Phi) is 6.05. The van der Waals surface area contributed by atoms with Gasteiger partial charge in [0.25, 0.3) is 5.91 Å². The molecule has 0 unspecified atom stereocenters. The van der Waals surface area contributed by atoms with E-state index in [-0.39, 0.29) is 17.9 Å². The number of hydrogen-bond acceptors (Lipinski definition) is 6. The average Bonchev–Trinajstić information content (AvgIpc) is 3.26.